The summed E-state index contributed by atoms with van der Waals surface area (Å²) in [5.41, 5.74) is 0.685. The smallest absolute Gasteiger partial charge is 0.322 e. The molecule has 3 aromatic rings. The molecular formula is C23H23F2N5O3. The molecule has 1 aliphatic rings. The first-order valence-electron chi connectivity index (χ1n) is 10.3. The molecule has 0 radical (unpaired) electrons. The fraction of sp³-hybridized carbons (Fsp3) is 0.261. The van der Waals surface area contributed by atoms with Crippen LogP contribution < -0.4 is 19.7 Å². The van der Waals surface area contributed by atoms with Crippen LogP contribution in [-0.2, 0) is 0 Å². The molecule has 33 heavy (non-hydrogen) atoms. The molecule has 2 heterocycles. The Bertz CT molecular complexity index is 1130. The molecule has 2 aromatic carbocycles. The maximum absolute atomic E-state index is 13.4. The predicted octanol–water partition coefficient (Wildman–Crippen LogP) is 4.30. The highest BCUT2D eigenvalue weighted by Gasteiger charge is 2.28. The fourth-order valence-electron chi connectivity index (χ4n) is 3.56. The van der Waals surface area contributed by atoms with Crippen molar-refractivity contribution in [3.05, 3.63) is 66.5 Å². The van der Waals surface area contributed by atoms with E-state index < -0.39 is 11.6 Å². The molecule has 8 nitrogen and oxygen atoms in total. The van der Waals surface area contributed by atoms with Crippen LogP contribution in [0.25, 0.3) is 0 Å². The lowest BCUT2D eigenvalue weighted by Gasteiger charge is -2.40. The molecule has 1 aliphatic heterocycles. The van der Waals surface area contributed by atoms with Crippen molar-refractivity contribution in [3.8, 4) is 17.4 Å². The highest BCUT2D eigenvalue weighted by atomic mass is 19.2. The highest BCUT2D eigenvalue weighted by Crippen LogP contribution is 2.25. The number of ether oxygens (including phenoxy) is 2. The van der Waals surface area contributed by atoms with Gasteiger partial charge in [0, 0.05) is 43.5 Å². The van der Waals surface area contributed by atoms with Crippen LogP contribution in [0.1, 0.15) is 6.92 Å². The van der Waals surface area contributed by atoms with Crippen LogP contribution in [0.2, 0.25) is 0 Å². The SMILES string of the molecule is COc1ccc(NC(=O)N2CCN(c3cc(Oc4ccc(F)c(F)c4)ncn3)C[C@H]2C)cc1. The van der Waals surface area contributed by atoms with Gasteiger partial charge in [-0.05, 0) is 43.3 Å². The zero-order chi connectivity index (χ0) is 23.4. The number of amides is 2. The van der Waals surface area contributed by atoms with E-state index in [9.17, 15) is 13.6 Å². The van der Waals surface area contributed by atoms with Crippen molar-refractivity contribution in [1.29, 1.82) is 0 Å². The van der Waals surface area contributed by atoms with Crippen LogP contribution in [0, 0.1) is 11.6 Å². The minimum absolute atomic E-state index is 0.0810. The second-order valence-corrected chi connectivity index (χ2v) is 7.54. The van der Waals surface area contributed by atoms with E-state index in [1.54, 1.807) is 42.3 Å². The van der Waals surface area contributed by atoms with Crippen molar-refractivity contribution in [2.75, 3.05) is 37.0 Å². The van der Waals surface area contributed by atoms with E-state index in [4.69, 9.17) is 9.47 Å². The van der Waals surface area contributed by atoms with Gasteiger partial charge in [-0.1, -0.05) is 0 Å². The highest BCUT2D eigenvalue weighted by molar-refractivity contribution is 5.89. The molecule has 0 unspecified atom stereocenters. The number of methoxy groups -OCH3 is 1. The summed E-state index contributed by atoms with van der Waals surface area (Å²) in [4.78, 5) is 24.9. The van der Waals surface area contributed by atoms with E-state index in [-0.39, 0.29) is 23.7 Å². The summed E-state index contributed by atoms with van der Waals surface area (Å²) >= 11 is 0. The number of benzene rings is 2. The van der Waals surface area contributed by atoms with Crippen molar-refractivity contribution < 1.29 is 23.0 Å². The zero-order valence-corrected chi connectivity index (χ0v) is 18.2. The van der Waals surface area contributed by atoms with Gasteiger partial charge in [0.1, 0.15) is 23.6 Å². The predicted molar refractivity (Wildman–Crippen MR) is 119 cm³/mol. The average Bonchev–Trinajstić information content (AvgIpc) is 2.82. The van der Waals surface area contributed by atoms with Crippen LogP contribution in [0.4, 0.5) is 25.1 Å². The van der Waals surface area contributed by atoms with Crippen molar-refractivity contribution >= 4 is 17.5 Å². The number of nitrogens with one attached hydrogen (secondary N) is 1. The average molecular weight is 455 g/mol. The number of piperazine rings is 1. The quantitative estimate of drug-likeness (QED) is 0.618. The third-order valence-corrected chi connectivity index (χ3v) is 5.29. The molecule has 0 spiro atoms. The van der Waals surface area contributed by atoms with Crippen LogP contribution in [0.5, 0.6) is 17.4 Å². The standard InChI is InChI=1S/C23H23F2N5O3/c1-15-13-29(9-10-30(15)23(31)28-16-3-5-17(32-2)6-4-16)21-12-22(27-14-26-21)33-18-7-8-19(24)20(25)11-18/h3-8,11-12,14-15H,9-10,13H2,1-2H3,(H,28,31)/t15-/m1/s1. The van der Waals surface area contributed by atoms with Crippen molar-refractivity contribution in [2.45, 2.75) is 13.0 Å². The summed E-state index contributed by atoms with van der Waals surface area (Å²) in [5, 5.41) is 2.90. The number of hydrogen-bond acceptors (Lipinski definition) is 6. The van der Waals surface area contributed by atoms with E-state index >= 15 is 0 Å². The minimum atomic E-state index is -1.00. The van der Waals surface area contributed by atoms with E-state index in [1.165, 1.54) is 12.4 Å². The van der Waals surface area contributed by atoms with E-state index in [2.05, 4.69) is 15.3 Å². The normalized spacial score (nSPS) is 15.8. The molecule has 1 atom stereocenters. The fourth-order valence-corrected chi connectivity index (χ4v) is 3.56. The Morgan fingerprint density at radius 1 is 1.03 bits per heavy atom. The Morgan fingerprint density at radius 3 is 2.48 bits per heavy atom. The summed E-state index contributed by atoms with van der Waals surface area (Å²) in [7, 11) is 1.59. The Morgan fingerprint density at radius 2 is 1.79 bits per heavy atom. The largest absolute Gasteiger partial charge is 0.497 e. The molecule has 1 fully saturated rings. The summed E-state index contributed by atoms with van der Waals surface area (Å²) < 4.78 is 37.2. The lowest BCUT2D eigenvalue weighted by Crippen LogP contribution is -2.55. The number of anilines is 2. The topological polar surface area (TPSA) is 79.8 Å². The summed E-state index contributed by atoms with van der Waals surface area (Å²) in [5.74, 6) is -0.282. The Kier molecular flexibility index (Phi) is 6.53. The molecule has 1 aromatic heterocycles. The molecule has 4 rings (SSSR count). The molecule has 0 saturated carbocycles. The number of hydrogen-bond donors (Lipinski definition) is 1. The number of carbonyl (C=O) groups is 1. The minimum Gasteiger partial charge on any atom is -0.497 e. The van der Waals surface area contributed by atoms with Crippen LogP contribution in [-0.4, -0.2) is 53.7 Å². The molecule has 10 heteroatoms. The Hall–Kier alpha value is -3.95. The molecule has 172 valence electrons. The lowest BCUT2D eigenvalue weighted by atomic mass is 10.2. The molecular weight excluding hydrogens is 432 g/mol. The number of carbonyl (C=O) groups excluding carboxylic acids is 1. The summed E-state index contributed by atoms with van der Waals surface area (Å²) in [6, 6.07) is 11.8. The van der Waals surface area contributed by atoms with E-state index in [0.717, 1.165) is 12.1 Å². The van der Waals surface area contributed by atoms with Crippen LogP contribution >= 0.6 is 0 Å². The van der Waals surface area contributed by atoms with Gasteiger partial charge >= 0.3 is 6.03 Å². The van der Waals surface area contributed by atoms with Gasteiger partial charge in [-0.3, -0.25) is 0 Å². The number of rotatable bonds is 5. The third kappa shape index (κ3) is 5.28. The Balaban J connectivity index is 1.38. The number of nitrogens with zero attached hydrogens (tertiary/aromatic N) is 4. The van der Waals surface area contributed by atoms with Gasteiger partial charge in [-0.25, -0.2) is 23.5 Å². The van der Waals surface area contributed by atoms with Gasteiger partial charge in [0.05, 0.1) is 7.11 Å². The number of urea groups is 1. The zero-order valence-electron chi connectivity index (χ0n) is 18.2. The van der Waals surface area contributed by atoms with Gasteiger partial charge in [0.15, 0.2) is 11.6 Å². The van der Waals surface area contributed by atoms with Crippen LogP contribution in [0.3, 0.4) is 0 Å². The maximum Gasteiger partial charge on any atom is 0.322 e. The van der Waals surface area contributed by atoms with Crippen molar-refractivity contribution in [2.24, 2.45) is 0 Å². The lowest BCUT2D eigenvalue weighted by molar-refractivity contribution is 0.184. The van der Waals surface area contributed by atoms with Gasteiger partial charge in [-0.15, -0.1) is 0 Å². The first-order chi connectivity index (χ1) is 15.9. The number of aromatic nitrogens is 2. The molecule has 0 aliphatic carbocycles. The van der Waals surface area contributed by atoms with E-state index in [0.29, 0.717) is 36.9 Å². The summed E-state index contributed by atoms with van der Waals surface area (Å²) in [6.45, 7) is 3.56. The van der Waals surface area contributed by atoms with E-state index in [1.807, 2.05) is 11.8 Å². The molecule has 0 bridgehead atoms. The Labute approximate surface area is 189 Å². The van der Waals surface area contributed by atoms with Gasteiger partial charge in [-0.2, -0.15) is 0 Å². The second-order valence-electron chi connectivity index (χ2n) is 7.54. The van der Waals surface area contributed by atoms with Crippen molar-refractivity contribution in [1.82, 2.24) is 14.9 Å². The molecule has 2 amide bonds. The van der Waals surface area contributed by atoms with Gasteiger partial charge < -0.3 is 24.6 Å². The van der Waals surface area contributed by atoms with Gasteiger partial charge in [0.2, 0.25) is 5.88 Å². The second kappa shape index (κ2) is 9.68. The first kappa shape index (κ1) is 22.3. The number of halogens is 2. The third-order valence-electron chi connectivity index (χ3n) is 5.29. The maximum atomic E-state index is 13.4. The monoisotopic (exact) mass is 455 g/mol. The summed E-state index contributed by atoms with van der Waals surface area (Å²) in [6.07, 6.45) is 1.35. The first-order valence-corrected chi connectivity index (χ1v) is 10.3. The van der Waals surface area contributed by atoms with Crippen LogP contribution in [0.15, 0.2) is 54.9 Å². The molecule has 1 N–H and O–H groups in total. The molecule has 1 saturated heterocycles. The van der Waals surface area contributed by atoms with Gasteiger partial charge in [0.25, 0.3) is 0 Å². The van der Waals surface area contributed by atoms with Crippen molar-refractivity contribution in [3.63, 3.8) is 0 Å².